The number of esters is 1. The van der Waals surface area contributed by atoms with Gasteiger partial charge in [-0.1, -0.05) is 6.08 Å². The van der Waals surface area contributed by atoms with Gasteiger partial charge < -0.3 is 14.2 Å². The van der Waals surface area contributed by atoms with Gasteiger partial charge in [-0.2, -0.15) is 0 Å². The summed E-state index contributed by atoms with van der Waals surface area (Å²) in [4.78, 5) is 12.5. The first-order chi connectivity index (χ1) is 8.72. The number of carbonyl (C=O) groups is 1. The standard InChI is InChI=1S/C15H26O4/c1-7-8-14(12(16)19-13(2,3)4)9-10-15(11-14,17-5)18-6/h7H,1,8-11H2,2-6H3. The van der Waals surface area contributed by atoms with Gasteiger partial charge in [0.2, 0.25) is 0 Å². The Morgan fingerprint density at radius 3 is 2.21 bits per heavy atom. The maximum atomic E-state index is 12.5. The molecule has 1 aliphatic carbocycles. The summed E-state index contributed by atoms with van der Waals surface area (Å²) in [5.74, 6) is -0.865. The van der Waals surface area contributed by atoms with E-state index in [0.717, 1.165) is 0 Å². The van der Waals surface area contributed by atoms with Gasteiger partial charge in [-0.05, 0) is 33.6 Å². The summed E-state index contributed by atoms with van der Waals surface area (Å²) < 4.78 is 16.5. The molecule has 1 saturated carbocycles. The zero-order valence-electron chi connectivity index (χ0n) is 12.7. The van der Waals surface area contributed by atoms with Crippen molar-refractivity contribution < 1.29 is 19.0 Å². The van der Waals surface area contributed by atoms with Crippen molar-refractivity contribution in [3.63, 3.8) is 0 Å². The van der Waals surface area contributed by atoms with Crippen LogP contribution in [0, 0.1) is 5.41 Å². The summed E-state index contributed by atoms with van der Waals surface area (Å²) in [7, 11) is 3.23. The molecule has 1 unspecified atom stereocenters. The molecule has 1 aliphatic rings. The predicted molar refractivity (Wildman–Crippen MR) is 73.7 cm³/mol. The van der Waals surface area contributed by atoms with Gasteiger partial charge in [0.25, 0.3) is 0 Å². The van der Waals surface area contributed by atoms with Crippen LogP contribution in [0.5, 0.6) is 0 Å². The number of methoxy groups -OCH3 is 2. The van der Waals surface area contributed by atoms with Crippen LogP contribution >= 0.6 is 0 Å². The average Bonchev–Trinajstić information content (AvgIpc) is 2.69. The third-order valence-corrected chi connectivity index (χ3v) is 3.70. The lowest BCUT2D eigenvalue weighted by atomic mass is 9.82. The van der Waals surface area contributed by atoms with Gasteiger partial charge in [-0.25, -0.2) is 0 Å². The smallest absolute Gasteiger partial charge is 0.313 e. The second-order valence-corrected chi connectivity index (χ2v) is 6.27. The predicted octanol–water partition coefficient (Wildman–Crippen LogP) is 3.06. The molecule has 19 heavy (non-hydrogen) atoms. The molecule has 4 nitrogen and oxygen atoms in total. The number of hydrogen-bond donors (Lipinski definition) is 0. The third kappa shape index (κ3) is 3.57. The minimum atomic E-state index is -0.681. The van der Waals surface area contributed by atoms with Crippen LogP contribution in [0.3, 0.4) is 0 Å². The Morgan fingerprint density at radius 2 is 1.84 bits per heavy atom. The van der Waals surface area contributed by atoms with E-state index in [0.29, 0.717) is 25.7 Å². The van der Waals surface area contributed by atoms with Crippen LogP contribution in [0.1, 0.15) is 46.5 Å². The second kappa shape index (κ2) is 5.63. The van der Waals surface area contributed by atoms with E-state index in [1.165, 1.54) is 0 Å². The van der Waals surface area contributed by atoms with E-state index in [9.17, 15) is 4.79 Å². The first-order valence-electron chi connectivity index (χ1n) is 6.67. The molecule has 0 bridgehead atoms. The lowest BCUT2D eigenvalue weighted by Crippen LogP contribution is -2.39. The number of rotatable bonds is 5. The fourth-order valence-electron chi connectivity index (χ4n) is 2.65. The summed E-state index contributed by atoms with van der Waals surface area (Å²) in [5.41, 5.74) is -1.07. The molecule has 0 aromatic heterocycles. The highest BCUT2D eigenvalue weighted by Crippen LogP contribution is 2.50. The molecule has 1 atom stereocenters. The van der Waals surface area contributed by atoms with Crippen molar-refractivity contribution in [3.8, 4) is 0 Å². The van der Waals surface area contributed by atoms with Crippen LogP contribution in [-0.2, 0) is 19.0 Å². The van der Waals surface area contributed by atoms with Crippen molar-refractivity contribution in [2.24, 2.45) is 5.41 Å². The molecule has 110 valence electrons. The average molecular weight is 270 g/mol. The van der Waals surface area contributed by atoms with Crippen LogP contribution in [0.2, 0.25) is 0 Å². The number of ether oxygens (including phenoxy) is 3. The summed E-state index contributed by atoms with van der Waals surface area (Å²) in [6.07, 6.45) is 4.23. The minimum Gasteiger partial charge on any atom is -0.460 e. The second-order valence-electron chi connectivity index (χ2n) is 6.27. The third-order valence-electron chi connectivity index (χ3n) is 3.70. The first kappa shape index (κ1) is 16.2. The molecular formula is C15H26O4. The Hall–Kier alpha value is -0.870. The van der Waals surface area contributed by atoms with Crippen LogP contribution in [0.25, 0.3) is 0 Å². The Balaban J connectivity index is 2.94. The van der Waals surface area contributed by atoms with E-state index < -0.39 is 16.8 Å². The van der Waals surface area contributed by atoms with E-state index in [-0.39, 0.29) is 5.97 Å². The number of hydrogen-bond acceptors (Lipinski definition) is 4. The molecule has 0 aliphatic heterocycles. The van der Waals surface area contributed by atoms with E-state index in [4.69, 9.17) is 14.2 Å². The van der Waals surface area contributed by atoms with Crippen molar-refractivity contribution in [2.75, 3.05) is 14.2 Å². The molecule has 0 saturated heterocycles. The molecule has 1 rings (SSSR count). The maximum absolute atomic E-state index is 12.5. The molecule has 4 heteroatoms. The zero-order chi connectivity index (χ0) is 14.7. The Bertz CT molecular complexity index is 339. The number of carbonyl (C=O) groups excluding carboxylic acids is 1. The SMILES string of the molecule is C=CCC1(C(=O)OC(C)(C)C)CCC(OC)(OC)C1. The zero-order valence-corrected chi connectivity index (χ0v) is 12.7. The fourth-order valence-corrected chi connectivity index (χ4v) is 2.65. The van der Waals surface area contributed by atoms with Gasteiger partial charge >= 0.3 is 5.97 Å². The molecule has 0 aromatic carbocycles. The van der Waals surface area contributed by atoms with Crippen molar-refractivity contribution in [1.82, 2.24) is 0 Å². The Labute approximate surface area is 116 Å². The van der Waals surface area contributed by atoms with Gasteiger partial charge in [0, 0.05) is 27.1 Å². The quantitative estimate of drug-likeness (QED) is 0.437. The lowest BCUT2D eigenvalue weighted by Gasteiger charge is -2.32. The fraction of sp³-hybridized carbons (Fsp3) is 0.800. The van der Waals surface area contributed by atoms with Crippen molar-refractivity contribution >= 4 is 5.97 Å². The monoisotopic (exact) mass is 270 g/mol. The number of allylic oxidation sites excluding steroid dienone is 1. The lowest BCUT2D eigenvalue weighted by molar-refractivity contribution is -0.209. The van der Waals surface area contributed by atoms with Crippen LogP contribution < -0.4 is 0 Å². The largest absolute Gasteiger partial charge is 0.460 e. The highest BCUT2D eigenvalue weighted by atomic mass is 16.7. The van der Waals surface area contributed by atoms with E-state index in [1.807, 2.05) is 20.8 Å². The highest BCUT2D eigenvalue weighted by Gasteiger charge is 2.54. The maximum Gasteiger partial charge on any atom is 0.313 e. The van der Waals surface area contributed by atoms with Crippen LogP contribution in [0.15, 0.2) is 12.7 Å². The van der Waals surface area contributed by atoms with Gasteiger partial charge in [0.05, 0.1) is 5.41 Å². The van der Waals surface area contributed by atoms with Crippen LogP contribution in [-0.4, -0.2) is 31.6 Å². The normalized spacial score (nSPS) is 26.2. The molecule has 0 aromatic rings. The summed E-state index contributed by atoms with van der Waals surface area (Å²) in [5, 5.41) is 0. The molecule has 0 spiro atoms. The molecular weight excluding hydrogens is 244 g/mol. The van der Waals surface area contributed by atoms with E-state index in [2.05, 4.69) is 6.58 Å². The minimum absolute atomic E-state index is 0.184. The van der Waals surface area contributed by atoms with Crippen molar-refractivity contribution in [2.45, 2.75) is 57.8 Å². The van der Waals surface area contributed by atoms with Gasteiger partial charge in [0.15, 0.2) is 5.79 Å². The van der Waals surface area contributed by atoms with Gasteiger partial charge in [-0.15, -0.1) is 6.58 Å². The molecule has 0 amide bonds. The van der Waals surface area contributed by atoms with Crippen LogP contribution in [0.4, 0.5) is 0 Å². The highest BCUT2D eigenvalue weighted by molar-refractivity contribution is 5.78. The molecule has 0 radical (unpaired) electrons. The van der Waals surface area contributed by atoms with Crippen molar-refractivity contribution in [1.29, 1.82) is 0 Å². The molecule has 0 heterocycles. The van der Waals surface area contributed by atoms with E-state index in [1.54, 1.807) is 20.3 Å². The van der Waals surface area contributed by atoms with Gasteiger partial charge in [0.1, 0.15) is 5.60 Å². The topological polar surface area (TPSA) is 44.8 Å². The summed E-state index contributed by atoms with van der Waals surface area (Å²) in [6.45, 7) is 9.39. The molecule has 1 fully saturated rings. The molecule has 0 N–H and O–H groups in total. The first-order valence-corrected chi connectivity index (χ1v) is 6.67. The summed E-state index contributed by atoms with van der Waals surface area (Å²) >= 11 is 0. The Morgan fingerprint density at radius 1 is 1.26 bits per heavy atom. The van der Waals surface area contributed by atoms with Gasteiger partial charge in [-0.3, -0.25) is 4.79 Å². The summed E-state index contributed by atoms with van der Waals surface area (Å²) in [6, 6.07) is 0. The van der Waals surface area contributed by atoms with E-state index >= 15 is 0 Å². The van der Waals surface area contributed by atoms with Crippen molar-refractivity contribution in [3.05, 3.63) is 12.7 Å². The Kier molecular flexibility index (Phi) is 4.80.